The number of hydrogen-bond donors (Lipinski definition) is 2. The topological polar surface area (TPSA) is 117 Å². The molecule has 2 amide bonds. The van der Waals surface area contributed by atoms with Gasteiger partial charge in [-0.05, 0) is 55.6 Å². The Balaban J connectivity index is 1.36. The summed E-state index contributed by atoms with van der Waals surface area (Å²) in [7, 11) is 0. The monoisotopic (exact) mass is 549 g/mol. The van der Waals surface area contributed by atoms with Crippen molar-refractivity contribution in [2.45, 2.75) is 6.92 Å². The van der Waals surface area contributed by atoms with E-state index in [1.54, 1.807) is 47.5 Å². The standard InChI is InChI=1S/C27H28ClN7O2S/c1-3-30-24(29)23(38-2)26(37)35-16-14-34(15-17-35)25(36)19-6-10-21(11-7-19)32-27-31-13-12-22(33-27)18-4-8-20(28)9-5-18/h3-13H,14-17,29H2,1-2H3,(H,31,32,33)/b24-23-,30-3+. The van der Waals surface area contributed by atoms with Crippen molar-refractivity contribution in [1.29, 1.82) is 0 Å². The number of aliphatic imine (C=N–C) groups is 1. The second-order valence-corrected chi connectivity index (χ2v) is 9.62. The molecule has 2 heterocycles. The van der Waals surface area contributed by atoms with Crippen molar-refractivity contribution < 1.29 is 9.59 Å². The van der Waals surface area contributed by atoms with Gasteiger partial charge < -0.3 is 20.9 Å². The Labute approximate surface area is 230 Å². The normalized spacial score (nSPS) is 14.4. The number of aromatic nitrogens is 2. The summed E-state index contributed by atoms with van der Waals surface area (Å²) in [6.45, 7) is 3.48. The second-order valence-electron chi connectivity index (χ2n) is 8.36. The van der Waals surface area contributed by atoms with E-state index in [-0.39, 0.29) is 17.6 Å². The zero-order chi connectivity index (χ0) is 27.1. The van der Waals surface area contributed by atoms with Crippen molar-refractivity contribution in [3.63, 3.8) is 0 Å². The summed E-state index contributed by atoms with van der Waals surface area (Å²) in [5, 5.41) is 3.84. The molecule has 2 aromatic carbocycles. The van der Waals surface area contributed by atoms with Gasteiger partial charge in [0.25, 0.3) is 11.8 Å². The minimum absolute atomic E-state index is 0.0830. The molecule has 9 nitrogen and oxygen atoms in total. The van der Waals surface area contributed by atoms with E-state index in [1.165, 1.54) is 11.8 Å². The van der Waals surface area contributed by atoms with Gasteiger partial charge >= 0.3 is 0 Å². The van der Waals surface area contributed by atoms with Crippen LogP contribution in [0.3, 0.4) is 0 Å². The first-order valence-electron chi connectivity index (χ1n) is 12.0. The molecular formula is C27H28ClN7O2S. The van der Waals surface area contributed by atoms with Gasteiger partial charge in [0.05, 0.1) is 5.69 Å². The molecular weight excluding hydrogens is 522 g/mol. The molecule has 0 bridgehead atoms. The second kappa shape index (κ2) is 12.6. The summed E-state index contributed by atoms with van der Waals surface area (Å²) >= 11 is 7.25. The van der Waals surface area contributed by atoms with Crippen molar-refractivity contribution in [2.24, 2.45) is 10.7 Å². The lowest BCUT2D eigenvalue weighted by atomic mass is 10.1. The zero-order valence-corrected chi connectivity index (χ0v) is 22.7. The van der Waals surface area contributed by atoms with Gasteiger partial charge in [-0.3, -0.25) is 9.59 Å². The van der Waals surface area contributed by atoms with Crippen LogP contribution in [0.5, 0.6) is 0 Å². The molecule has 0 unspecified atom stereocenters. The summed E-state index contributed by atoms with van der Waals surface area (Å²) in [4.78, 5) is 42.7. The quantitative estimate of drug-likeness (QED) is 0.331. The number of nitrogens with zero attached hydrogens (tertiary/aromatic N) is 5. The number of benzene rings is 2. The summed E-state index contributed by atoms with van der Waals surface area (Å²) < 4.78 is 0. The van der Waals surface area contributed by atoms with Gasteiger partial charge in [0.15, 0.2) is 0 Å². The first kappa shape index (κ1) is 27.2. The summed E-state index contributed by atoms with van der Waals surface area (Å²) in [6.07, 6.45) is 5.04. The predicted molar refractivity (Wildman–Crippen MR) is 154 cm³/mol. The Kier molecular flexibility index (Phi) is 8.98. The highest BCUT2D eigenvalue weighted by atomic mass is 35.5. The molecule has 1 aliphatic rings. The average molecular weight is 550 g/mol. The van der Waals surface area contributed by atoms with E-state index in [0.29, 0.717) is 47.6 Å². The molecule has 1 saturated heterocycles. The average Bonchev–Trinajstić information content (AvgIpc) is 2.94. The molecule has 0 aliphatic carbocycles. The van der Waals surface area contributed by atoms with Crippen molar-refractivity contribution in [3.8, 4) is 11.3 Å². The number of anilines is 2. The number of rotatable bonds is 7. The maximum absolute atomic E-state index is 13.1. The minimum atomic E-state index is -0.162. The highest BCUT2D eigenvalue weighted by Crippen LogP contribution is 2.23. The lowest BCUT2D eigenvalue weighted by Gasteiger charge is -2.35. The number of amides is 2. The first-order chi connectivity index (χ1) is 18.4. The molecule has 0 radical (unpaired) electrons. The number of carbonyl (C=O) groups is 2. The van der Waals surface area contributed by atoms with Gasteiger partial charge in [-0.1, -0.05) is 23.7 Å². The van der Waals surface area contributed by atoms with Gasteiger partial charge in [0, 0.05) is 60.4 Å². The first-order valence-corrected chi connectivity index (χ1v) is 13.6. The van der Waals surface area contributed by atoms with Gasteiger partial charge in [0.2, 0.25) is 5.95 Å². The Morgan fingerprint density at radius 2 is 1.68 bits per heavy atom. The van der Waals surface area contributed by atoms with Crippen LogP contribution in [-0.4, -0.2) is 70.2 Å². The fourth-order valence-electron chi connectivity index (χ4n) is 3.96. The van der Waals surface area contributed by atoms with Gasteiger partial charge in [-0.2, -0.15) is 0 Å². The highest BCUT2D eigenvalue weighted by molar-refractivity contribution is 8.03. The van der Waals surface area contributed by atoms with Crippen LogP contribution in [0, 0.1) is 0 Å². The third-order valence-electron chi connectivity index (χ3n) is 5.94. The van der Waals surface area contributed by atoms with E-state index in [2.05, 4.69) is 20.3 Å². The number of nitrogens with one attached hydrogen (secondary N) is 1. The summed E-state index contributed by atoms with van der Waals surface area (Å²) in [5.41, 5.74) is 8.95. The van der Waals surface area contributed by atoms with Crippen LogP contribution in [0.1, 0.15) is 17.3 Å². The molecule has 1 aromatic heterocycles. The number of carbonyl (C=O) groups excluding carboxylic acids is 2. The van der Waals surface area contributed by atoms with E-state index >= 15 is 0 Å². The molecule has 0 saturated carbocycles. The molecule has 0 atom stereocenters. The van der Waals surface area contributed by atoms with Crippen LogP contribution in [0.4, 0.5) is 11.6 Å². The highest BCUT2D eigenvalue weighted by Gasteiger charge is 2.27. The van der Waals surface area contributed by atoms with E-state index in [9.17, 15) is 9.59 Å². The van der Waals surface area contributed by atoms with Crippen LogP contribution in [0.15, 0.2) is 76.5 Å². The summed E-state index contributed by atoms with van der Waals surface area (Å²) in [6, 6.07) is 16.4. The predicted octanol–water partition coefficient (Wildman–Crippen LogP) is 4.41. The molecule has 0 spiro atoms. The van der Waals surface area contributed by atoms with Crippen LogP contribution < -0.4 is 11.1 Å². The lowest BCUT2D eigenvalue weighted by Crippen LogP contribution is -2.51. The maximum Gasteiger partial charge on any atom is 0.264 e. The number of halogens is 1. The van der Waals surface area contributed by atoms with Crippen molar-refractivity contribution in [1.82, 2.24) is 19.8 Å². The van der Waals surface area contributed by atoms with Gasteiger partial charge in [0.1, 0.15) is 10.7 Å². The number of thioether (sulfide) groups is 1. The minimum Gasteiger partial charge on any atom is -0.383 e. The third-order valence-corrected chi connectivity index (χ3v) is 6.98. The summed E-state index contributed by atoms with van der Waals surface area (Å²) in [5.74, 6) is 0.409. The Morgan fingerprint density at radius 3 is 2.32 bits per heavy atom. The molecule has 3 N–H and O–H groups in total. The molecule has 4 rings (SSSR count). The van der Waals surface area contributed by atoms with E-state index < -0.39 is 0 Å². The molecule has 196 valence electrons. The van der Waals surface area contributed by atoms with E-state index in [1.807, 2.05) is 42.5 Å². The number of nitrogens with two attached hydrogens (primary N) is 1. The third kappa shape index (κ3) is 6.51. The van der Waals surface area contributed by atoms with E-state index in [0.717, 1.165) is 16.9 Å². The number of piperazine rings is 1. The molecule has 1 aliphatic heterocycles. The SMILES string of the molecule is C/C=N/C(N)=C(\SC)C(=O)N1CCN(C(=O)c2ccc(Nc3nccc(-c4ccc(Cl)cc4)n3)cc2)CC1. The maximum atomic E-state index is 13.1. The van der Waals surface area contributed by atoms with Gasteiger partial charge in [-0.15, -0.1) is 11.8 Å². The Hall–Kier alpha value is -3.89. The van der Waals surface area contributed by atoms with Crippen molar-refractivity contribution >= 4 is 53.0 Å². The van der Waals surface area contributed by atoms with Crippen LogP contribution in [0.25, 0.3) is 11.3 Å². The van der Waals surface area contributed by atoms with Gasteiger partial charge in [-0.25, -0.2) is 15.0 Å². The van der Waals surface area contributed by atoms with Crippen molar-refractivity contribution in [2.75, 3.05) is 37.8 Å². The number of hydrogen-bond acceptors (Lipinski definition) is 8. The fraction of sp³-hybridized carbons (Fsp3) is 0.222. The van der Waals surface area contributed by atoms with Crippen molar-refractivity contribution in [3.05, 3.63) is 82.1 Å². The molecule has 11 heteroatoms. The Bertz CT molecular complexity index is 1350. The lowest BCUT2D eigenvalue weighted by molar-refractivity contribution is -0.127. The fourth-order valence-corrected chi connectivity index (χ4v) is 4.66. The van der Waals surface area contributed by atoms with Crippen LogP contribution in [-0.2, 0) is 4.79 Å². The van der Waals surface area contributed by atoms with Crippen LogP contribution in [0.2, 0.25) is 5.02 Å². The Morgan fingerprint density at radius 1 is 1.03 bits per heavy atom. The van der Waals surface area contributed by atoms with Crippen LogP contribution >= 0.6 is 23.4 Å². The zero-order valence-electron chi connectivity index (χ0n) is 21.1. The smallest absolute Gasteiger partial charge is 0.264 e. The molecule has 1 fully saturated rings. The van der Waals surface area contributed by atoms with E-state index in [4.69, 9.17) is 17.3 Å². The molecule has 3 aromatic rings. The largest absolute Gasteiger partial charge is 0.383 e. The molecule has 38 heavy (non-hydrogen) atoms.